The fourth-order valence-electron chi connectivity index (χ4n) is 1.88. The summed E-state index contributed by atoms with van der Waals surface area (Å²) in [6.45, 7) is 1.66. The van der Waals surface area contributed by atoms with Gasteiger partial charge in [0.2, 0.25) is 17.7 Å². The molecular weight excluding hydrogens is 238 g/mol. The quantitative estimate of drug-likeness (QED) is 0.662. The number of hydrogen-bond acceptors (Lipinski definition) is 5. The first-order chi connectivity index (χ1) is 8.61. The maximum Gasteiger partial charge on any atom is 0.249 e. The van der Waals surface area contributed by atoms with Gasteiger partial charge in [0.05, 0.1) is 6.20 Å². The fraction of sp³-hybridized carbons (Fsp3) is 0.500. The van der Waals surface area contributed by atoms with E-state index in [9.17, 15) is 14.4 Å². The zero-order valence-electron chi connectivity index (χ0n) is 9.87. The maximum atomic E-state index is 12.0. The van der Waals surface area contributed by atoms with Crippen LogP contribution in [0.4, 0.5) is 0 Å². The molecule has 1 unspecified atom stereocenters. The van der Waals surface area contributed by atoms with Crippen molar-refractivity contribution in [2.24, 2.45) is 0 Å². The first-order valence-electron chi connectivity index (χ1n) is 5.59. The third-order valence-corrected chi connectivity index (χ3v) is 2.73. The summed E-state index contributed by atoms with van der Waals surface area (Å²) < 4.78 is 1.35. The van der Waals surface area contributed by atoms with Crippen LogP contribution in [-0.4, -0.2) is 50.2 Å². The minimum atomic E-state index is -0.598. The lowest BCUT2D eigenvalue weighted by Gasteiger charge is -2.33. The van der Waals surface area contributed by atoms with Crippen LogP contribution in [0.1, 0.15) is 13.3 Å². The Balaban J connectivity index is 2.11. The van der Waals surface area contributed by atoms with Crippen LogP contribution in [-0.2, 0) is 20.9 Å². The zero-order valence-corrected chi connectivity index (χ0v) is 9.87. The summed E-state index contributed by atoms with van der Waals surface area (Å²) in [6, 6.07) is -0.598. The molecule has 1 aliphatic heterocycles. The summed E-state index contributed by atoms with van der Waals surface area (Å²) in [6.07, 6.45) is 3.46. The van der Waals surface area contributed by atoms with Crippen molar-refractivity contribution in [1.82, 2.24) is 25.2 Å². The number of carbonyl (C=O) groups is 3. The lowest BCUT2D eigenvalue weighted by Crippen LogP contribution is -2.60. The van der Waals surface area contributed by atoms with Crippen LogP contribution >= 0.6 is 0 Å². The Bertz CT molecular complexity index is 470. The molecule has 1 saturated heterocycles. The van der Waals surface area contributed by atoms with Crippen LogP contribution in [0, 0.1) is 0 Å². The van der Waals surface area contributed by atoms with Gasteiger partial charge >= 0.3 is 0 Å². The Morgan fingerprint density at radius 2 is 2.33 bits per heavy atom. The second-order valence-electron chi connectivity index (χ2n) is 3.96. The average Bonchev–Trinajstić information content (AvgIpc) is 2.80. The van der Waals surface area contributed by atoms with E-state index < -0.39 is 17.9 Å². The zero-order chi connectivity index (χ0) is 13.1. The van der Waals surface area contributed by atoms with Gasteiger partial charge in [0.15, 0.2) is 0 Å². The van der Waals surface area contributed by atoms with Gasteiger partial charge in [-0.25, -0.2) is 4.68 Å². The fourth-order valence-corrected chi connectivity index (χ4v) is 1.88. The number of hydrogen-bond donors (Lipinski definition) is 1. The molecule has 0 saturated carbocycles. The SMILES string of the molecule is CCC1C(=O)NC(=O)CN1C(=O)Cn1ccnn1. The third-order valence-electron chi connectivity index (χ3n) is 2.73. The Morgan fingerprint density at radius 3 is 2.94 bits per heavy atom. The molecule has 1 aromatic rings. The molecule has 2 heterocycles. The number of rotatable bonds is 3. The van der Waals surface area contributed by atoms with Gasteiger partial charge in [0.1, 0.15) is 19.1 Å². The molecule has 0 aliphatic carbocycles. The van der Waals surface area contributed by atoms with Crippen molar-refractivity contribution in [2.45, 2.75) is 25.9 Å². The van der Waals surface area contributed by atoms with E-state index in [1.807, 2.05) is 0 Å². The van der Waals surface area contributed by atoms with Crippen LogP contribution in [0.15, 0.2) is 12.4 Å². The van der Waals surface area contributed by atoms with Gasteiger partial charge in [0, 0.05) is 6.20 Å². The molecule has 8 heteroatoms. The number of carbonyl (C=O) groups excluding carboxylic acids is 3. The predicted octanol–water partition coefficient (Wildman–Crippen LogP) is -1.46. The van der Waals surface area contributed by atoms with Gasteiger partial charge in [-0.2, -0.15) is 0 Å². The highest BCUT2D eigenvalue weighted by Gasteiger charge is 2.35. The van der Waals surface area contributed by atoms with Gasteiger partial charge in [-0.15, -0.1) is 5.10 Å². The molecule has 18 heavy (non-hydrogen) atoms. The lowest BCUT2D eigenvalue weighted by molar-refractivity contribution is -0.150. The lowest BCUT2D eigenvalue weighted by atomic mass is 10.1. The summed E-state index contributed by atoms with van der Waals surface area (Å²) in [5, 5.41) is 9.48. The molecule has 1 aromatic heterocycles. The van der Waals surface area contributed by atoms with E-state index in [0.29, 0.717) is 6.42 Å². The normalized spacial score (nSPS) is 19.8. The van der Waals surface area contributed by atoms with Gasteiger partial charge in [0.25, 0.3) is 0 Å². The topological polar surface area (TPSA) is 97.2 Å². The van der Waals surface area contributed by atoms with Gasteiger partial charge in [-0.1, -0.05) is 12.1 Å². The monoisotopic (exact) mass is 251 g/mol. The number of piperazine rings is 1. The molecular formula is C10H13N5O3. The summed E-state index contributed by atoms with van der Waals surface area (Å²) in [5.74, 6) is -1.21. The third kappa shape index (κ3) is 2.36. The van der Waals surface area contributed by atoms with E-state index in [4.69, 9.17) is 0 Å². The van der Waals surface area contributed by atoms with Crippen molar-refractivity contribution in [3.05, 3.63) is 12.4 Å². The van der Waals surface area contributed by atoms with Gasteiger partial charge in [-0.05, 0) is 6.42 Å². The molecule has 1 atom stereocenters. The second-order valence-corrected chi connectivity index (χ2v) is 3.96. The van der Waals surface area contributed by atoms with Gasteiger partial charge < -0.3 is 4.90 Å². The number of nitrogens with one attached hydrogen (secondary N) is 1. The molecule has 0 radical (unpaired) electrons. The van der Waals surface area contributed by atoms with Crippen molar-refractivity contribution in [3.8, 4) is 0 Å². The second kappa shape index (κ2) is 4.94. The molecule has 3 amide bonds. The smallest absolute Gasteiger partial charge is 0.249 e. The van der Waals surface area contributed by atoms with Crippen LogP contribution in [0.2, 0.25) is 0 Å². The van der Waals surface area contributed by atoms with E-state index in [1.165, 1.54) is 15.8 Å². The summed E-state index contributed by atoms with van der Waals surface area (Å²) in [5.41, 5.74) is 0. The van der Waals surface area contributed by atoms with Crippen molar-refractivity contribution >= 4 is 17.7 Å². The molecule has 1 N–H and O–H groups in total. The number of imide groups is 1. The number of nitrogens with zero attached hydrogens (tertiary/aromatic N) is 4. The van der Waals surface area contributed by atoms with E-state index in [-0.39, 0.29) is 19.0 Å². The highest BCUT2D eigenvalue weighted by molar-refractivity contribution is 6.04. The Labute approximate surface area is 103 Å². The summed E-state index contributed by atoms with van der Waals surface area (Å²) >= 11 is 0. The first kappa shape index (κ1) is 12.2. The molecule has 1 fully saturated rings. The minimum Gasteiger partial charge on any atom is -0.320 e. The molecule has 8 nitrogen and oxygen atoms in total. The largest absolute Gasteiger partial charge is 0.320 e. The van der Waals surface area contributed by atoms with Crippen molar-refractivity contribution in [1.29, 1.82) is 0 Å². The van der Waals surface area contributed by atoms with Crippen LogP contribution in [0.5, 0.6) is 0 Å². The van der Waals surface area contributed by atoms with Crippen LogP contribution in [0.3, 0.4) is 0 Å². The Kier molecular flexibility index (Phi) is 3.35. The van der Waals surface area contributed by atoms with E-state index >= 15 is 0 Å². The standard InChI is InChI=1S/C10H13N5O3/c1-2-7-10(18)12-8(16)5-15(7)9(17)6-14-4-3-11-13-14/h3-4,7H,2,5-6H2,1H3,(H,12,16,18). The highest BCUT2D eigenvalue weighted by Crippen LogP contribution is 2.10. The van der Waals surface area contributed by atoms with Crippen LogP contribution in [0.25, 0.3) is 0 Å². The minimum absolute atomic E-state index is 0.0307. The van der Waals surface area contributed by atoms with E-state index in [0.717, 1.165) is 0 Å². The first-order valence-corrected chi connectivity index (χ1v) is 5.59. The van der Waals surface area contributed by atoms with Crippen LogP contribution < -0.4 is 5.32 Å². The molecule has 0 bridgehead atoms. The van der Waals surface area contributed by atoms with Crippen molar-refractivity contribution < 1.29 is 14.4 Å². The highest BCUT2D eigenvalue weighted by atomic mass is 16.2. The molecule has 96 valence electrons. The van der Waals surface area contributed by atoms with Crippen molar-refractivity contribution in [2.75, 3.05) is 6.54 Å². The van der Waals surface area contributed by atoms with Gasteiger partial charge in [-0.3, -0.25) is 19.7 Å². The summed E-state index contributed by atoms with van der Waals surface area (Å²) in [4.78, 5) is 36.2. The van der Waals surface area contributed by atoms with E-state index in [2.05, 4.69) is 15.6 Å². The Hall–Kier alpha value is -2.25. The molecule has 1 aliphatic rings. The van der Waals surface area contributed by atoms with Crippen molar-refractivity contribution in [3.63, 3.8) is 0 Å². The number of amides is 3. The molecule has 0 aromatic carbocycles. The molecule has 2 rings (SSSR count). The van der Waals surface area contributed by atoms with E-state index in [1.54, 1.807) is 13.1 Å². The number of aromatic nitrogens is 3. The molecule has 0 spiro atoms. The Morgan fingerprint density at radius 1 is 1.56 bits per heavy atom. The predicted molar refractivity (Wildman–Crippen MR) is 59.0 cm³/mol. The summed E-state index contributed by atoms with van der Waals surface area (Å²) in [7, 11) is 0. The maximum absolute atomic E-state index is 12.0. The average molecular weight is 251 g/mol.